The largest absolute Gasteiger partial charge is 0.397 e. The van der Waals surface area contributed by atoms with Gasteiger partial charge >= 0.3 is 0 Å². The smallest absolute Gasteiger partial charge is 0.0603 e. The Morgan fingerprint density at radius 1 is 0.950 bits per heavy atom. The number of nitrogen functional groups attached to an aromatic ring is 1. The summed E-state index contributed by atoms with van der Waals surface area (Å²) in [6.07, 6.45) is 0. The second kappa shape index (κ2) is 5.58. The van der Waals surface area contributed by atoms with E-state index < -0.39 is 0 Å². The normalized spacial score (nSPS) is 10.7. The summed E-state index contributed by atoms with van der Waals surface area (Å²) in [6.45, 7) is 9.52. The van der Waals surface area contributed by atoms with E-state index >= 15 is 0 Å². The summed E-state index contributed by atoms with van der Waals surface area (Å²) in [5.74, 6) is 0. The van der Waals surface area contributed by atoms with Gasteiger partial charge in [0.1, 0.15) is 0 Å². The lowest BCUT2D eigenvalue weighted by atomic mass is 9.98. The summed E-state index contributed by atoms with van der Waals surface area (Å²) in [4.78, 5) is 2.22. The topological polar surface area (TPSA) is 29.3 Å². The third-order valence-corrected chi connectivity index (χ3v) is 4.17. The molecule has 2 aromatic rings. The van der Waals surface area contributed by atoms with Crippen molar-refractivity contribution in [3.63, 3.8) is 0 Å². The predicted octanol–water partition coefficient (Wildman–Crippen LogP) is 4.14. The number of hydrogen-bond acceptors (Lipinski definition) is 2. The molecule has 0 aliphatic heterocycles. The molecule has 0 saturated heterocycles. The van der Waals surface area contributed by atoms with Crippen molar-refractivity contribution in [1.82, 2.24) is 0 Å². The van der Waals surface area contributed by atoms with Gasteiger partial charge in [0.05, 0.1) is 11.4 Å². The highest BCUT2D eigenvalue weighted by molar-refractivity contribution is 5.68. The second-order valence-electron chi connectivity index (χ2n) is 5.71. The van der Waals surface area contributed by atoms with Crippen molar-refractivity contribution in [1.29, 1.82) is 0 Å². The zero-order valence-corrected chi connectivity index (χ0v) is 13.1. The molecule has 0 heterocycles. The van der Waals surface area contributed by atoms with E-state index in [-0.39, 0.29) is 0 Å². The fraction of sp³-hybridized carbons (Fsp3) is 0.333. The van der Waals surface area contributed by atoms with Crippen molar-refractivity contribution < 1.29 is 0 Å². The molecule has 106 valence electrons. The summed E-state index contributed by atoms with van der Waals surface area (Å²) in [6, 6.07) is 10.6. The van der Waals surface area contributed by atoms with E-state index in [1.54, 1.807) is 0 Å². The molecule has 2 aromatic carbocycles. The van der Waals surface area contributed by atoms with Gasteiger partial charge in [-0.2, -0.15) is 0 Å². The molecule has 0 aliphatic carbocycles. The molecule has 20 heavy (non-hydrogen) atoms. The molecule has 0 fully saturated rings. The van der Waals surface area contributed by atoms with Gasteiger partial charge in [-0.15, -0.1) is 0 Å². The minimum absolute atomic E-state index is 0.833. The Hall–Kier alpha value is -1.96. The fourth-order valence-electron chi connectivity index (χ4n) is 2.51. The summed E-state index contributed by atoms with van der Waals surface area (Å²) in [5.41, 5.74) is 14.7. The maximum absolute atomic E-state index is 6.09. The van der Waals surface area contributed by atoms with Crippen LogP contribution in [-0.2, 0) is 6.54 Å². The van der Waals surface area contributed by atoms with Gasteiger partial charge in [0.2, 0.25) is 0 Å². The molecule has 2 rings (SSSR count). The van der Waals surface area contributed by atoms with Gasteiger partial charge < -0.3 is 10.6 Å². The Labute approximate surface area is 122 Å². The van der Waals surface area contributed by atoms with E-state index in [4.69, 9.17) is 5.73 Å². The lowest BCUT2D eigenvalue weighted by Crippen LogP contribution is -2.19. The Kier molecular flexibility index (Phi) is 4.03. The van der Waals surface area contributed by atoms with Crippen LogP contribution in [0.2, 0.25) is 0 Å². The Bertz CT molecular complexity index is 630. The standard InChI is InChI=1S/C18H24N2/c1-12-6-9-17(19)18(10-12)20(5)11-16-8-7-13(2)14(3)15(16)4/h6-10H,11,19H2,1-5H3. The number of nitrogens with two attached hydrogens (primary N) is 1. The van der Waals surface area contributed by atoms with E-state index in [0.29, 0.717) is 0 Å². The molecule has 0 bridgehead atoms. The number of anilines is 2. The first-order chi connectivity index (χ1) is 9.40. The van der Waals surface area contributed by atoms with Crippen LogP contribution >= 0.6 is 0 Å². The molecule has 0 spiro atoms. The van der Waals surface area contributed by atoms with Crippen molar-refractivity contribution in [2.45, 2.75) is 34.2 Å². The van der Waals surface area contributed by atoms with Crippen molar-refractivity contribution >= 4 is 11.4 Å². The van der Waals surface area contributed by atoms with Gasteiger partial charge in [0.15, 0.2) is 0 Å². The number of hydrogen-bond donors (Lipinski definition) is 1. The highest BCUT2D eigenvalue weighted by Crippen LogP contribution is 2.26. The monoisotopic (exact) mass is 268 g/mol. The lowest BCUT2D eigenvalue weighted by Gasteiger charge is -2.23. The van der Waals surface area contributed by atoms with Crippen LogP contribution in [0.15, 0.2) is 30.3 Å². The van der Waals surface area contributed by atoms with Gasteiger partial charge in [0.25, 0.3) is 0 Å². The van der Waals surface area contributed by atoms with E-state index in [9.17, 15) is 0 Å². The summed E-state index contributed by atoms with van der Waals surface area (Å²) in [7, 11) is 2.10. The van der Waals surface area contributed by atoms with Gasteiger partial charge in [-0.3, -0.25) is 0 Å². The third kappa shape index (κ3) is 2.79. The molecule has 0 atom stereocenters. The molecule has 0 radical (unpaired) electrons. The first-order valence-corrected chi connectivity index (χ1v) is 7.03. The molecule has 0 unspecified atom stereocenters. The van der Waals surface area contributed by atoms with E-state index in [1.165, 1.54) is 27.8 Å². The Morgan fingerprint density at radius 2 is 1.65 bits per heavy atom. The summed E-state index contributed by atoms with van der Waals surface area (Å²) < 4.78 is 0. The zero-order chi connectivity index (χ0) is 14.9. The third-order valence-electron chi connectivity index (χ3n) is 4.17. The van der Waals surface area contributed by atoms with Crippen LogP contribution in [0.5, 0.6) is 0 Å². The number of nitrogens with zero attached hydrogens (tertiary/aromatic N) is 1. The fourth-order valence-corrected chi connectivity index (χ4v) is 2.51. The number of rotatable bonds is 3. The SMILES string of the molecule is Cc1ccc(N)c(N(C)Cc2ccc(C)c(C)c2C)c1. The highest BCUT2D eigenvalue weighted by Gasteiger charge is 2.09. The number of aryl methyl sites for hydroxylation is 2. The van der Waals surface area contributed by atoms with Gasteiger partial charge in [-0.1, -0.05) is 18.2 Å². The molecule has 2 heteroatoms. The molecule has 2 N–H and O–H groups in total. The zero-order valence-electron chi connectivity index (χ0n) is 13.1. The van der Waals surface area contributed by atoms with Crippen molar-refractivity contribution in [3.8, 4) is 0 Å². The summed E-state index contributed by atoms with van der Waals surface area (Å²) >= 11 is 0. The Morgan fingerprint density at radius 3 is 2.35 bits per heavy atom. The highest BCUT2D eigenvalue weighted by atomic mass is 15.1. The quantitative estimate of drug-likeness (QED) is 0.848. The first kappa shape index (κ1) is 14.4. The van der Waals surface area contributed by atoms with Crippen LogP contribution in [0.25, 0.3) is 0 Å². The minimum atomic E-state index is 0.833. The summed E-state index contributed by atoms with van der Waals surface area (Å²) in [5, 5.41) is 0. The van der Waals surface area contributed by atoms with Crippen LogP contribution in [0.1, 0.15) is 27.8 Å². The van der Waals surface area contributed by atoms with Gasteiger partial charge in [-0.05, 0) is 67.6 Å². The van der Waals surface area contributed by atoms with Crippen LogP contribution in [0.4, 0.5) is 11.4 Å². The molecule has 2 nitrogen and oxygen atoms in total. The lowest BCUT2D eigenvalue weighted by molar-refractivity contribution is 0.910. The molecule has 0 saturated carbocycles. The molecular weight excluding hydrogens is 244 g/mol. The molecule has 0 amide bonds. The van der Waals surface area contributed by atoms with Gasteiger partial charge in [-0.25, -0.2) is 0 Å². The van der Waals surface area contributed by atoms with Crippen molar-refractivity contribution in [3.05, 3.63) is 58.1 Å². The van der Waals surface area contributed by atoms with Crippen LogP contribution in [0.3, 0.4) is 0 Å². The van der Waals surface area contributed by atoms with Crippen molar-refractivity contribution in [2.24, 2.45) is 0 Å². The average molecular weight is 268 g/mol. The number of benzene rings is 2. The van der Waals surface area contributed by atoms with E-state index in [0.717, 1.165) is 17.9 Å². The molecular formula is C18H24N2. The van der Waals surface area contributed by atoms with E-state index in [2.05, 4.69) is 57.8 Å². The maximum Gasteiger partial charge on any atom is 0.0603 e. The molecule has 0 aliphatic rings. The average Bonchev–Trinajstić information content (AvgIpc) is 2.42. The second-order valence-corrected chi connectivity index (χ2v) is 5.71. The maximum atomic E-state index is 6.09. The van der Waals surface area contributed by atoms with Crippen molar-refractivity contribution in [2.75, 3.05) is 17.7 Å². The van der Waals surface area contributed by atoms with Crippen LogP contribution in [-0.4, -0.2) is 7.05 Å². The van der Waals surface area contributed by atoms with Gasteiger partial charge in [0, 0.05) is 13.6 Å². The minimum Gasteiger partial charge on any atom is -0.397 e. The Balaban J connectivity index is 2.30. The van der Waals surface area contributed by atoms with Crippen LogP contribution in [0, 0.1) is 27.7 Å². The first-order valence-electron chi connectivity index (χ1n) is 7.03. The van der Waals surface area contributed by atoms with E-state index in [1.807, 2.05) is 12.1 Å². The molecule has 0 aromatic heterocycles. The predicted molar refractivity (Wildman–Crippen MR) is 88.4 cm³/mol. The van der Waals surface area contributed by atoms with Crippen LogP contribution < -0.4 is 10.6 Å².